The van der Waals surface area contributed by atoms with E-state index in [-0.39, 0.29) is 11.7 Å². The van der Waals surface area contributed by atoms with E-state index in [1.54, 1.807) is 24.3 Å². The third-order valence-electron chi connectivity index (χ3n) is 4.41. The van der Waals surface area contributed by atoms with Crippen LogP contribution in [0.4, 0.5) is 0 Å². The number of aryl methyl sites for hydroxylation is 1. The summed E-state index contributed by atoms with van der Waals surface area (Å²) in [7, 11) is 0. The predicted octanol–water partition coefficient (Wildman–Crippen LogP) is 3.93. The molecule has 0 aliphatic carbocycles. The number of aromatic carboxylic acids is 1. The second-order valence-electron chi connectivity index (χ2n) is 7.16. The van der Waals surface area contributed by atoms with Gasteiger partial charge in [-0.3, -0.25) is 0 Å². The van der Waals surface area contributed by atoms with Gasteiger partial charge >= 0.3 is 5.97 Å². The molecule has 0 bridgehead atoms. The van der Waals surface area contributed by atoms with Crippen LogP contribution >= 0.6 is 0 Å². The lowest BCUT2D eigenvalue weighted by Gasteiger charge is -2.17. The number of carboxylic acids is 1. The minimum Gasteiger partial charge on any atom is -0.493 e. The van der Waals surface area contributed by atoms with Crippen molar-refractivity contribution in [2.45, 2.75) is 38.6 Å². The zero-order valence-electron chi connectivity index (χ0n) is 16.2. The highest BCUT2D eigenvalue weighted by Crippen LogP contribution is 2.23. The van der Waals surface area contributed by atoms with Crippen LogP contribution in [0.25, 0.3) is 0 Å². The van der Waals surface area contributed by atoms with Crippen molar-refractivity contribution >= 4 is 5.97 Å². The summed E-state index contributed by atoms with van der Waals surface area (Å²) in [5.41, 5.74) is 1.35. The summed E-state index contributed by atoms with van der Waals surface area (Å²) in [5.74, 6) is -0.321. The van der Waals surface area contributed by atoms with Crippen LogP contribution in [0.3, 0.4) is 0 Å². The molecule has 0 unspecified atom stereocenters. The van der Waals surface area contributed by atoms with E-state index in [1.807, 2.05) is 38.1 Å². The summed E-state index contributed by atoms with van der Waals surface area (Å²) >= 11 is 0. The van der Waals surface area contributed by atoms with Crippen molar-refractivity contribution in [2.75, 3.05) is 19.8 Å². The first-order chi connectivity index (χ1) is 13.4. The third-order valence-corrected chi connectivity index (χ3v) is 4.41. The summed E-state index contributed by atoms with van der Waals surface area (Å²) in [6.07, 6.45) is 1.57. The van der Waals surface area contributed by atoms with Crippen molar-refractivity contribution in [3.63, 3.8) is 0 Å². The van der Waals surface area contributed by atoms with E-state index in [0.717, 1.165) is 18.6 Å². The highest BCUT2D eigenvalue weighted by molar-refractivity contribution is 5.90. The quantitative estimate of drug-likeness (QED) is 0.659. The summed E-state index contributed by atoms with van der Waals surface area (Å²) in [6.45, 7) is 5.24. The van der Waals surface area contributed by atoms with Gasteiger partial charge in [-0.2, -0.15) is 0 Å². The Morgan fingerprint density at radius 2 is 1.89 bits per heavy atom. The van der Waals surface area contributed by atoms with Crippen LogP contribution in [-0.4, -0.2) is 42.8 Å². The number of para-hydroxylation sites is 1. The van der Waals surface area contributed by atoms with Crippen molar-refractivity contribution in [3.8, 4) is 11.5 Å². The second kappa shape index (κ2) is 9.08. The largest absolute Gasteiger partial charge is 0.493 e. The fraction of sp³-hybridized carbons (Fsp3) is 0.409. The Morgan fingerprint density at radius 3 is 2.57 bits per heavy atom. The summed E-state index contributed by atoms with van der Waals surface area (Å²) in [4.78, 5) is 11.2. The topological polar surface area (TPSA) is 74.2 Å². The van der Waals surface area contributed by atoms with E-state index in [2.05, 4.69) is 0 Å². The van der Waals surface area contributed by atoms with E-state index < -0.39 is 11.8 Å². The molecule has 0 aromatic heterocycles. The fourth-order valence-corrected chi connectivity index (χ4v) is 3.01. The Morgan fingerprint density at radius 1 is 1.14 bits per heavy atom. The van der Waals surface area contributed by atoms with Crippen molar-refractivity contribution in [1.29, 1.82) is 0 Å². The average Bonchev–Trinajstić information content (AvgIpc) is 3.03. The van der Waals surface area contributed by atoms with Gasteiger partial charge in [0.15, 0.2) is 5.79 Å². The van der Waals surface area contributed by atoms with Gasteiger partial charge in [0.2, 0.25) is 0 Å². The van der Waals surface area contributed by atoms with Crippen LogP contribution in [0.1, 0.15) is 36.2 Å². The van der Waals surface area contributed by atoms with E-state index >= 15 is 0 Å². The van der Waals surface area contributed by atoms with Crippen molar-refractivity contribution in [3.05, 3.63) is 59.7 Å². The van der Waals surface area contributed by atoms with Crippen LogP contribution < -0.4 is 9.47 Å². The molecule has 1 saturated heterocycles. The Balaban J connectivity index is 1.40. The van der Waals surface area contributed by atoms with E-state index in [9.17, 15) is 4.79 Å². The second-order valence-corrected chi connectivity index (χ2v) is 7.16. The van der Waals surface area contributed by atoms with Crippen LogP contribution in [-0.2, 0) is 15.9 Å². The summed E-state index contributed by atoms with van der Waals surface area (Å²) in [6, 6.07) is 14.6. The standard InChI is InChI=1S/C22H26O6/c1-22(2)27-15-18(28-22)14-26-17-11-9-16(10-12-17)6-5-13-25-20-8-4-3-7-19(20)21(23)24/h3-4,7-12,18H,5-6,13-15H2,1-2H3,(H,23,24)/t18-/m1/s1. The van der Waals surface area contributed by atoms with Crippen molar-refractivity contribution in [2.24, 2.45) is 0 Å². The predicted molar refractivity (Wildman–Crippen MR) is 104 cm³/mol. The van der Waals surface area contributed by atoms with Gasteiger partial charge in [0.25, 0.3) is 0 Å². The number of benzene rings is 2. The molecule has 0 saturated carbocycles. The van der Waals surface area contributed by atoms with Gasteiger partial charge in [-0.1, -0.05) is 24.3 Å². The first-order valence-corrected chi connectivity index (χ1v) is 9.41. The molecule has 6 heteroatoms. The molecule has 1 atom stereocenters. The molecule has 2 aromatic rings. The number of carbonyl (C=O) groups is 1. The van der Waals surface area contributed by atoms with E-state index in [4.69, 9.17) is 24.1 Å². The number of hydrogen-bond donors (Lipinski definition) is 1. The highest BCUT2D eigenvalue weighted by atomic mass is 16.7. The molecule has 1 N–H and O–H groups in total. The Hall–Kier alpha value is -2.57. The Labute approximate surface area is 165 Å². The Kier molecular flexibility index (Phi) is 6.54. The molecular formula is C22H26O6. The molecule has 1 aliphatic heterocycles. The summed E-state index contributed by atoms with van der Waals surface area (Å²) < 4.78 is 22.6. The van der Waals surface area contributed by atoms with Gasteiger partial charge in [-0.15, -0.1) is 0 Å². The number of hydrogen-bond acceptors (Lipinski definition) is 5. The first-order valence-electron chi connectivity index (χ1n) is 9.41. The minimum atomic E-state index is -0.982. The number of ether oxygens (including phenoxy) is 4. The van der Waals surface area contributed by atoms with Crippen molar-refractivity contribution in [1.82, 2.24) is 0 Å². The van der Waals surface area contributed by atoms with Gasteiger partial charge in [-0.25, -0.2) is 4.79 Å². The zero-order valence-corrected chi connectivity index (χ0v) is 16.2. The van der Waals surface area contributed by atoms with Crippen LogP contribution in [0.2, 0.25) is 0 Å². The third kappa shape index (κ3) is 5.71. The fourth-order valence-electron chi connectivity index (χ4n) is 3.01. The SMILES string of the molecule is CC1(C)OC[C@@H](COc2ccc(CCCOc3ccccc3C(=O)O)cc2)O1. The van der Waals surface area contributed by atoms with Crippen LogP contribution in [0.5, 0.6) is 11.5 Å². The molecule has 150 valence electrons. The molecule has 1 fully saturated rings. The molecule has 0 amide bonds. The monoisotopic (exact) mass is 386 g/mol. The maximum Gasteiger partial charge on any atom is 0.339 e. The summed E-state index contributed by atoms with van der Waals surface area (Å²) in [5, 5.41) is 9.16. The molecule has 3 rings (SSSR count). The highest BCUT2D eigenvalue weighted by Gasteiger charge is 2.32. The Bertz CT molecular complexity index is 784. The smallest absolute Gasteiger partial charge is 0.339 e. The zero-order chi connectivity index (χ0) is 20.0. The van der Waals surface area contributed by atoms with Crippen LogP contribution in [0, 0.1) is 0 Å². The van der Waals surface area contributed by atoms with Crippen molar-refractivity contribution < 1.29 is 28.8 Å². The number of carboxylic acid groups (broad SMARTS) is 1. The maximum absolute atomic E-state index is 11.2. The first kappa shape index (κ1) is 20.2. The minimum absolute atomic E-state index is 0.0551. The molecule has 28 heavy (non-hydrogen) atoms. The van der Waals surface area contributed by atoms with Gasteiger partial charge in [0.05, 0.1) is 13.2 Å². The maximum atomic E-state index is 11.2. The molecule has 0 radical (unpaired) electrons. The lowest BCUT2D eigenvalue weighted by molar-refractivity contribution is -0.141. The van der Waals surface area contributed by atoms with Gasteiger partial charge in [0.1, 0.15) is 29.8 Å². The molecule has 6 nitrogen and oxygen atoms in total. The number of rotatable bonds is 9. The average molecular weight is 386 g/mol. The van der Waals surface area contributed by atoms with Gasteiger partial charge < -0.3 is 24.1 Å². The molecule has 2 aromatic carbocycles. The van der Waals surface area contributed by atoms with Gasteiger partial charge in [-0.05, 0) is 56.5 Å². The van der Waals surface area contributed by atoms with Crippen LogP contribution in [0.15, 0.2) is 48.5 Å². The molecular weight excluding hydrogens is 360 g/mol. The lowest BCUT2D eigenvalue weighted by Crippen LogP contribution is -2.25. The lowest BCUT2D eigenvalue weighted by atomic mass is 10.1. The van der Waals surface area contributed by atoms with E-state index in [0.29, 0.717) is 25.6 Å². The normalized spacial score (nSPS) is 18.0. The molecule has 1 aliphatic rings. The van der Waals surface area contributed by atoms with E-state index in [1.165, 1.54) is 5.56 Å². The molecule has 0 spiro atoms. The molecule has 1 heterocycles. The van der Waals surface area contributed by atoms with Gasteiger partial charge in [0, 0.05) is 0 Å².